The van der Waals surface area contributed by atoms with Gasteiger partial charge in [-0.05, 0) is 61.3 Å². The smallest absolute Gasteiger partial charge is 0.191 e. The summed E-state index contributed by atoms with van der Waals surface area (Å²) in [6.45, 7) is 6.19. The lowest BCUT2D eigenvalue weighted by Gasteiger charge is -2.11. The van der Waals surface area contributed by atoms with E-state index in [1.807, 2.05) is 43.3 Å². The van der Waals surface area contributed by atoms with E-state index in [4.69, 9.17) is 12.2 Å². The van der Waals surface area contributed by atoms with Crippen molar-refractivity contribution < 1.29 is 0 Å². The Balaban J connectivity index is 1.97. The summed E-state index contributed by atoms with van der Waals surface area (Å²) < 4.78 is 0. The van der Waals surface area contributed by atoms with E-state index in [9.17, 15) is 0 Å². The first-order valence-electron chi connectivity index (χ1n) is 6.80. The summed E-state index contributed by atoms with van der Waals surface area (Å²) in [5.41, 5.74) is 8.50. The quantitative estimate of drug-likeness (QED) is 0.512. The van der Waals surface area contributed by atoms with Crippen LogP contribution in [-0.4, -0.2) is 11.3 Å². The van der Waals surface area contributed by atoms with Gasteiger partial charge in [0, 0.05) is 5.69 Å². The number of hydrogen-bond donors (Lipinski definition) is 2. The molecule has 0 aromatic heterocycles. The topological polar surface area (TPSA) is 36.4 Å². The van der Waals surface area contributed by atoms with Crippen LogP contribution in [0.1, 0.15) is 22.3 Å². The van der Waals surface area contributed by atoms with E-state index in [2.05, 4.69) is 35.8 Å². The van der Waals surface area contributed by atoms with Crippen LogP contribution in [0.2, 0.25) is 0 Å². The van der Waals surface area contributed by atoms with Crippen LogP contribution in [-0.2, 0) is 0 Å². The first-order valence-corrected chi connectivity index (χ1v) is 7.20. The Morgan fingerprint density at radius 1 is 1.00 bits per heavy atom. The first kappa shape index (κ1) is 15.2. The summed E-state index contributed by atoms with van der Waals surface area (Å²) >= 11 is 5.25. The number of rotatable bonds is 3. The Morgan fingerprint density at radius 3 is 2.48 bits per heavy atom. The summed E-state index contributed by atoms with van der Waals surface area (Å²) in [6.07, 6.45) is 1.77. The third-order valence-corrected chi connectivity index (χ3v) is 3.60. The van der Waals surface area contributed by atoms with Crippen LogP contribution in [0.15, 0.2) is 47.6 Å². The lowest BCUT2D eigenvalue weighted by molar-refractivity contribution is 1.05. The zero-order chi connectivity index (χ0) is 15.2. The van der Waals surface area contributed by atoms with Gasteiger partial charge in [-0.3, -0.25) is 5.43 Å². The molecule has 0 amide bonds. The first-order chi connectivity index (χ1) is 10.1. The normalized spacial score (nSPS) is 10.6. The molecule has 0 atom stereocenters. The van der Waals surface area contributed by atoms with Gasteiger partial charge in [-0.2, -0.15) is 5.10 Å². The van der Waals surface area contributed by atoms with Gasteiger partial charge in [0.25, 0.3) is 0 Å². The fraction of sp³-hybridized carbons (Fsp3) is 0.176. The summed E-state index contributed by atoms with van der Waals surface area (Å²) in [5.74, 6) is 0. The molecule has 3 nitrogen and oxygen atoms in total. The zero-order valence-electron chi connectivity index (χ0n) is 12.5. The lowest BCUT2D eigenvalue weighted by Crippen LogP contribution is -2.24. The van der Waals surface area contributed by atoms with Crippen molar-refractivity contribution in [3.63, 3.8) is 0 Å². The Kier molecular flexibility index (Phi) is 5.06. The SMILES string of the molecule is Cc1ccccc1C=NNC(=S)Nc1cccc(C)c1C. The minimum Gasteiger partial charge on any atom is -0.331 e. The molecule has 108 valence electrons. The highest BCUT2D eigenvalue weighted by Gasteiger charge is 2.02. The highest BCUT2D eigenvalue weighted by Crippen LogP contribution is 2.17. The van der Waals surface area contributed by atoms with Crippen molar-refractivity contribution in [1.29, 1.82) is 0 Å². The minimum absolute atomic E-state index is 0.480. The molecular weight excluding hydrogens is 278 g/mol. The van der Waals surface area contributed by atoms with Crippen LogP contribution in [0.4, 0.5) is 5.69 Å². The van der Waals surface area contributed by atoms with Gasteiger partial charge < -0.3 is 5.32 Å². The molecule has 0 saturated carbocycles. The molecule has 0 radical (unpaired) electrons. The molecule has 0 fully saturated rings. The lowest BCUT2D eigenvalue weighted by atomic mass is 10.1. The van der Waals surface area contributed by atoms with Gasteiger partial charge in [0.05, 0.1) is 6.21 Å². The number of anilines is 1. The maximum Gasteiger partial charge on any atom is 0.191 e. The maximum atomic E-state index is 5.25. The molecular formula is C17H19N3S. The van der Waals surface area contributed by atoms with E-state index in [0.717, 1.165) is 11.3 Å². The van der Waals surface area contributed by atoms with E-state index < -0.39 is 0 Å². The van der Waals surface area contributed by atoms with Crippen molar-refractivity contribution in [2.24, 2.45) is 5.10 Å². The van der Waals surface area contributed by atoms with Crippen molar-refractivity contribution in [3.05, 3.63) is 64.7 Å². The fourth-order valence-corrected chi connectivity index (χ4v) is 2.09. The number of aryl methyl sites for hydroxylation is 2. The summed E-state index contributed by atoms with van der Waals surface area (Å²) in [5, 5.41) is 7.81. The van der Waals surface area contributed by atoms with E-state index >= 15 is 0 Å². The van der Waals surface area contributed by atoms with Gasteiger partial charge in [0.2, 0.25) is 0 Å². The van der Waals surface area contributed by atoms with E-state index in [1.54, 1.807) is 6.21 Å². The molecule has 0 aliphatic heterocycles. The van der Waals surface area contributed by atoms with E-state index in [0.29, 0.717) is 5.11 Å². The number of hydrogen-bond acceptors (Lipinski definition) is 2. The average molecular weight is 297 g/mol. The van der Waals surface area contributed by atoms with Crippen LogP contribution in [0.25, 0.3) is 0 Å². The predicted octanol–water partition coefficient (Wildman–Crippen LogP) is 3.93. The number of hydrazone groups is 1. The zero-order valence-corrected chi connectivity index (χ0v) is 13.3. The van der Waals surface area contributed by atoms with Crippen molar-refractivity contribution in [3.8, 4) is 0 Å². The summed E-state index contributed by atoms with van der Waals surface area (Å²) in [7, 11) is 0. The molecule has 4 heteroatoms. The minimum atomic E-state index is 0.480. The molecule has 0 aliphatic carbocycles. The number of nitrogens with zero attached hydrogens (tertiary/aromatic N) is 1. The Labute approximate surface area is 131 Å². The second-order valence-corrected chi connectivity index (χ2v) is 5.34. The second kappa shape index (κ2) is 6.99. The number of nitrogens with one attached hydrogen (secondary N) is 2. The van der Waals surface area contributed by atoms with Gasteiger partial charge in [-0.25, -0.2) is 0 Å². The molecule has 0 aliphatic rings. The standard InChI is InChI=1S/C17H19N3S/c1-12-8-6-10-16(14(12)3)19-17(21)20-18-11-15-9-5-4-7-13(15)2/h4-11H,1-3H3,(H2,19,20,21). The van der Waals surface area contributed by atoms with Crippen LogP contribution in [0.3, 0.4) is 0 Å². The third-order valence-electron chi connectivity index (χ3n) is 3.41. The molecule has 2 rings (SSSR count). The molecule has 2 aromatic carbocycles. The molecule has 0 bridgehead atoms. The van der Waals surface area contributed by atoms with E-state index in [1.165, 1.54) is 16.7 Å². The van der Waals surface area contributed by atoms with Gasteiger partial charge >= 0.3 is 0 Å². The highest BCUT2D eigenvalue weighted by atomic mass is 32.1. The van der Waals surface area contributed by atoms with Crippen molar-refractivity contribution in [2.45, 2.75) is 20.8 Å². The Morgan fingerprint density at radius 2 is 1.71 bits per heavy atom. The Bertz CT molecular complexity index is 677. The summed E-state index contributed by atoms with van der Waals surface area (Å²) in [4.78, 5) is 0. The van der Waals surface area contributed by atoms with Gasteiger partial charge in [0.15, 0.2) is 5.11 Å². The molecule has 0 unspecified atom stereocenters. The molecule has 0 heterocycles. The average Bonchev–Trinajstić information content (AvgIpc) is 2.46. The van der Waals surface area contributed by atoms with Crippen molar-refractivity contribution >= 4 is 29.2 Å². The van der Waals surface area contributed by atoms with Crippen molar-refractivity contribution in [2.75, 3.05) is 5.32 Å². The Hall–Kier alpha value is -2.20. The van der Waals surface area contributed by atoms with Crippen molar-refractivity contribution in [1.82, 2.24) is 5.43 Å². The van der Waals surface area contributed by atoms with Gasteiger partial charge in [-0.15, -0.1) is 0 Å². The van der Waals surface area contributed by atoms with Gasteiger partial charge in [0.1, 0.15) is 0 Å². The number of benzene rings is 2. The molecule has 2 aromatic rings. The predicted molar refractivity (Wildman–Crippen MR) is 94.0 cm³/mol. The van der Waals surface area contributed by atoms with Crippen LogP contribution < -0.4 is 10.7 Å². The summed E-state index contributed by atoms with van der Waals surface area (Å²) in [6, 6.07) is 14.1. The van der Waals surface area contributed by atoms with Gasteiger partial charge in [-0.1, -0.05) is 36.4 Å². The molecule has 21 heavy (non-hydrogen) atoms. The second-order valence-electron chi connectivity index (χ2n) is 4.93. The molecule has 0 spiro atoms. The molecule has 2 N–H and O–H groups in total. The highest BCUT2D eigenvalue weighted by molar-refractivity contribution is 7.80. The van der Waals surface area contributed by atoms with Crippen LogP contribution >= 0.6 is 12.2 Å². The maximum absolute atomic E-state index is 5.25. The third kappa shape index (κ3) is 4.13. The van der Waals surface area contributed by atoms with E-state index in [-0.39, 0.29) is 0 Å². The fourth-order valence-electron chi connectivity index (χ4n) is 1.93. The van der Waals surface area contributed by atoms with Crippen LogP contribution in [0.5, 0.6) is 0 Å². The number of thiocarbonyl (C=S) groups is 1. The van der Waals surface area contributed by atoms with Crippen LogP contribution in [0, 0.1) is 20.8 Å². The largest absolute Gasteiger partial charge is 0.331 e. The monoisotopic (exact) mass is 297 g/mol. The molecule has 0 saturated heterocycles.